The van der Waals surface area contributed by atoms with Crippen LogP contribution in [0.25, 0.3) is 0 Å². The van der Waals surface area contributed by atoms with Gasteiger partial charge in [-0.05, 0) is 51.2 Å². The van der Waals surface area contributed by atoms with Crippen molar-refractivity contribution in [3.05, 3.63) is 28.8 Å². The first-order valence-electron chi connectivity index (χ1n) is 6.58. The summed E-state index contributed by atoms with van der Waals surface area (Å²) in [5.41, 5.74) is 1.12. The first-order valence-corrected chi connectivity index (χ1v) is 6.95. The zero-order chi connectivity index (χ0) is 12.8. The molecule has 1 aliphatic rings. The SMILES string of the molecule is CNCc1cc(Cl)ccc1OCCN1CCCC1. The van der Waals surface area contributed by atoms with Crippen LogP contribution in [0.5, 0.6) is 5.75 Å². The Balaban J connectivity index is 1.87. The zero-order valence-electron chi connectivity index (χ0n) is 10.9. The molecule has 1 aromatic carbocycles. The first-order chi connectivity index (χ1) is 8.79. The molecule has 0 unspecified atom stereocenters. The number of ether oxygens (including phenoxy) is 1. The van der Waals surface area contributed by atoms with E-state index in [-0.39, 0.29) is 0 Å². The third-order valence-corrected chi connectivity index (χ3v) is 3.49. The highest BCUT2D eigenvalue weighted by Crippen LogP contribution is 2.22. The van der Waals surface area contributed by atoms with Crippen LogP contribution < -0.4 is 10.1 Å². The largest absolute Gasteiger partial charge is 0.492 e. The van der Waals surface area contributed by atoms with Gasteiger partial charge in [0.1, 0.15) is 12.4 Å². The van der Waals surface area contributed by atoms with Gasteiger partial charge in [0, 0.05) is 23.7 Å². The quantitative estimate of drug-likeness (QED) is 0.858. The summed E-state index contributed by atoms with van der Waals surface area (Å²) < 4.78 is 5.87. The fourth-order valence-corrected chi connectivity index (χ4v) is 2.50. The van der Waals surface area contributed by atoms with Crippen molar-refractivity contribution in [1.29, 1.82) is 0 Å². The second-order valence-electron chi connectivity index (χ2n) is 4.68. The van der Waals surface area contributed by atoms with E-state index in [0.717, 1.165) is 36.0 Å². The molecule has 0 amide bonds. The summed E-state index contributed by atoms with van der Waals surface area (Å²) in [7, 11) is 1.93. The number of nitrogens with zero attached hydrogens (tertiary/aromatic N) is 1. The second kappa shape index (κ2) is 6.98. The maximum Gasteiger partial charge on any atom is 0.123 e. The van der Waals surface area contributed by atoms with Gasteiger partial charge in [-0.1, -0.05) is 11.6 Å². The predicted molar refractivity (Wildman–Crippen MR) is 75.4 cm³/mol. The van der Waals surface area contributed by atoms with Gasteiger partial charge in [-0.15, -0.1) is 0 Å². The summed E-state index contributed by atoms with van der Waals surface area (Å²) in [5.74, 6) is 0.938. The Morgan fingerprint density at radius 2 is 2.11 bits per heavy atom. The van der Waals surface area contributed by atoms with Crippen molar-refractivity contribution in [3.63, 3.8) is 0 Å². The van der Waals surface area contributed by atoms with Crippen LogP contribution in [0, 0.1) is 0 Å². The number of likely N-dealkylation sites (tertiary alicyclic amines) is 1. The van der Waals surface area contributed by atoms with Gasteiger partial charge in [0.15, 0.2) is 0 Å². The van der Waals surface area contributed by atoms with E-state index >= 15 is 0 Å². The van der Waals surface area contributed by atoms with E-state index in [9.17, 15) is 0 Å². The number of rotatable bonds is 6. The van der Waals surface area contributed by atoms with Gasteiger partial charge in [0.25, 0.3) is 0 Å². The lowest BCUT2D eigenvalue weighted by Gasteiger charge is -2.16. The molecule has 0 saturated carbocycles. The predicted octanol–water partition coefficient (Wildman–Crippen LogP) is 2.53. The fourth-order valence-electron chi connectivity index (χ4n) is 2.31. The molecule has 0 bridgehead atoms. The van der Waals surface area contributed by atoms with Gasteiger partial charge in [-0.25, -0.2) is 0 Å². The first kappa shape index (κ1) is 13.7. The molecule has 0 spiro atoms. The molecule has 1 heterocycles. The summed E-state index contributed by atoms with van der Waals surface area (Å²) in [6, 6.07) is 5.80. The van der Waals surface area contributed by atoms with E-state index in [2.05, 4.69) is 10.2 Å². The molecular weight excluding hydrogens is 248 g/mol. The second-order valence-corrected chi connectivity index (χ2v) is 5.12. The van der Waals surface area contributed by atoms with Gasteiger partial charge in [-0.3, -0.25) is 4.90 Å². The van der Waals surface area contributed by atoms with Gasteiger partial charge in [-0.2, -0.15) is 0 Å². The zero-order valence-corrected chi connectivity index (χ0v) is 11.7. The molecule has 3 nitrogen and oxygen atoms in total. The summed E-state index contributed by atoms with van der Waals surface area (Å²) in [6.45, 7) is 4.97. The van der Waals surface area contributed by atoms with Crippen LogP contribution in [-0.2, 0) is 6.54 Å². The van der Waals surface area contributed by atoms with Crippen LogP contribution in [0.15, 0.2) is 18.2 Å². The Labute approximate surface area is 114 Å². The lowest BCUT2D eigenvalue weighted by molar-refractivity contribution is 0.236. The standard InChI is InChI=1S/C14H21ClN2O/c1-16-11-12-10-13(15)4-5-14(12)18-9-8-17-6-2-3-7-17/h4-5,10,16H,2-3,6-9,11H2,1H3. The molecule has 1 aromatic rings. The van der Waals surface area contributed by atoms with Crippen molar-refractivity contribution in [1.82, 2.24) is 10.2 Å². The van der Waals surface area contributed by atoms with Crippen molar-refractivity contribution in [2.45, 2.75) is 19.4 Å². The minimum atomic E-state index is 0.748. The van der Waals surface area contributed by atoms with Crippen molar-refractivity contribution in [2.24, 2.45) is 0 Å². The molecule has 100 valence electrons. The number of nitrogens with one attached hydrogen (secondary N) is 1. The normalized spacial score (nSPS) is 16.1. The smallest absolute Gasteiger partial charge is 0.123 e. The van der Waals surface area contributed by atoms with E-state index in [1.807, 2.05) is 25.2 Å². The lowest BCUT2D eigenvalue weighted by Crippen LogP contribution is -2.25. The average molecular weight is 269 g/mol. The van der Waals surface area contributed by atoms with E-state index in [4.69, 9.17) is 16.3 Å². The van der Waals surface area contributed by atoms with Gasteiger partial charge < -0.3 is 10.1 Å². The van der Waals surface area contributed by atoms with E-state index < -0.39 is 0 Å². The van der Waals surface area contributed by atoms with Gasteiger partial charge >= 0.3 is 0 Å². The summed E-state index contributed by atoms with van der Waals surface area (Å²) in [6.07, 6.45) is 2.65. The van der Waals surface area contributed by atoms with Crippen molar-refractivity contribution >= 4 is 11.6 Å². The molecule has 1 aliphatic heterocycles. The molecule has 1 N–H and O–H groups in total. The third kappa shape index (κ3) is 3.87. The highest BCUT2D eigenvalue weighted by Gasteiger charge is 2.11. The maximum atomic E-state index is 6.00. The average Bonchev–Trinajstić information content (AvgIpc) is 2.85. The number of hydrogen-bond donors (Lipinski definition) is 1. The molecule has 1 fully saturated rings. The number of halogens is 1. The van der Waals surface area contributed by atoms with Crippen LogP contribution in [0.3, 0.4) is 0 Å². The number of hydrogen-bond acceptors (Lipinski definition) is 3. The van der Waals surface area contributed by atoms with Gasteiger partial charge in [0.2, 0.25) is 0 Å². The van der Waals surface area contributed by atoms with Gasteiger partial charge in [0.05, 0.1) is 0 Å². The van der Waals surface area contributed by atoms with Crippen LogP contribution in [0.2, 0.25) is 5.02 Å². The lowest BCUT2D eigenvalue weighted by atomic mass is 10.2. The number of benzene rings is 1. The Hall–Kier alpha value is -0.770. The summed E-state index contributed by atoms with van der Waals surface area (Å²) in [4.78, 5) is 2.45. The third-order valence-electron chi connectivity index (χ3n) is 3.25. The molecule has 2 rings (SSSR count). The van der Waals surface area contributed by atoms with Crippen molar-refractivity contribution < 1.29 is 4.74 Å². The maximum absolute atomic E-state index is 6.00. The highest BCUT2D eigenvalue weighted by molar-refractivity contribution is 6.30. The fraction of sp³-hybridized carbons (Fsp3) is 0.571. The molecule has 0 aromatic heterocycles. The Morgan fingerprint density at radius 1 is 1.33 bits per heavy atom. The molecule has 1 saturated heterocycles. The molecule has 4 heteroatoms. The Bertz CT molecular complexity index is 378. The molecule has 0 atom stereocenters. The minimum Gasteiger partial charge on any atom is -0.492 e. The van der Waals surface area contributed by atoms with Crippen molar-refractivity contribution in [2.75, 3.05) is 33.3 Å². The van der Waals surface area contributed by atoms with Crippen LogP contribution in [0.1, 0.15) is 18.4 Å². The Kier molecular flexibility index (Phi) is 5.29. The highest BCUT2D eigenvalue weighted by atomic mass is 35.5. The minimum absolute atomic E-state index is 0.748. The topological polar surface area (TPSA) is 24.5 Å². The molecular formula is C14H21ClN2O. The summed E-state index contributed by atoms with van der Waals surface area (Å²) in [5, 5.41) is 3.89. The van der Waals surface area contributed by atoms with Crippen LogP contribution in [-0.4, -0.2) is 38.2 Å². The van der Waals surface area contributed by atoms with Crippen LogP contribution in [0.4, 0.5) is 0 Å². The molecule has 0 radical (unpaired) electrons. The van der Waals surface area contributed by atoms with Crippen molar-refractivity contribution in [3.8, 4) is 5.75 Å². The van der Waals surface area contributed by atoms with Crippen LogP contribution >= 0.6 is 11.6 Å². The van der Waals surface area contributed by atoms with E-state index in [1.165, 1.54) is 25.9 Å². The molecule has 0 aliphatic carbocycles. The van der Waals surface area contributed by atoms with E-state index in [1.54, 1.807) is 0 Å². The van der Waals surface area contributed by atoms with E-state index in [0.29, 0.717) is 0 Å². The summed E-state index contributed by atoms with van der Waals surface area (Å²) >= 11 is 6.00. The Morgan fingerprint density at radius 3 is 2.83 bits per heavy atom. The molecule has 18 heavy (non-hydrogen) atoms. The monoisotopic (exact) mass is 268 g/mol.